The Morgan fingerprint density at radius 1 is 1.27 bits per heavy atom. The van der Waals surface area contributed by atoms with Gasteiger partial charge in [-0.1, -0.05) is 0 Å². The number of amides is 1. The molecule has 0 unspecified atom stereocenters. The maximum atomic E-state index is 13.1. The predicted octanol–water partition coefficient (Wildman–Crippen LogP) is 0.412. The van der Waals surface area contributed by atoms with Crippen LogP contribution in [0.3, 0.4) is 0 Å². The Kier molecular flexibility index (Phi) is 6.39. The van der Waals surface area contributed by atoms with Crippen LogP contribution in [-0.2, 0) is 4.79 Å². The zero-order valence-corrected chi connectivity index (χ0v) is 12.2. The number of rotatable bonds is 2. The summed E-state index contributed by atoms with van der Waals surface area (Å²) in [6, 6.07) is 2.56. The highest BCUT2D eigenvalue weighted by Crippen LogP contribution is 2.18. The van der Waals surface area contributed by atoms with E-state index < -0.39 is 23.6 Å². The molecule has 0 spiro atoms. The molecule has 0 saturated carbocycles. The number of halogens is 2. The van der Waals surface area contributed by atoms with Gasteiger partial charge in [0, 0.05) is 24.7 Å². The quantitative estimate of drug-likeness (QED) is 0.773. The van der Waals surface area contributed by atoms with Crippen molar-refractivity contribution >= 4 is 12.4 Å². The predicted molar refractivity (Wildman–Crippen MR) is 74.4 cm³/mol. The standard InChI is InChI=1S/C13H16F2N2O2.CH2O2/c1-16(2)11-6-17(7-12(11)18)13(19)8-3-9(14)5-10(15)4-8;2-1-3/h3-5,11-12,18H,6-7H2,1-2H3;1H,(H,2,3)/t11-,12-;/m1./s1. The molecule has 2 N–H and O–H groups in total. The smallest absolute Gasteiger partial charge is 0.290 e. The summed E-state index contributed by atoms with van der Waals surface area (Å²) in [4.78, 5) is 23.7. The number of hydrogen-bond acceptors (Lipinski definition) is 4. The largest absolute Gasteiger partial charge is 0.483 e. The number of β-amino-alcohol motifs (C(OH)–C–C–N with tert-alkyl or cyclic N) is 1. The summed E-state index contributed by atoms with van der Waals surface area (Å²) in [5.41, 5.74) is -0.0379. The van der Waals surface area contributed by atoms with Crippen LogP contribution in [0.2, 0.25) is 0 Å². The highest BCUT2D eigenvalue weighted by Gasteiger charge is 2.35. The molecule has 122 valence electrons. The molecule has 1 heterocycles. The van der Waals surface area contributed by atoms with E-state index in [1.54, 1.807) is 0 Å². The number of benzene rings is 1. The monoisotopic (exact) mass is 316 g/mol. The van der Waals surface area contributed by atoms with E-state index in [0.717, 1.165) is 18.2 Å². The lowest BCUT2D eigenvalue weighted by Gasteiger charge is -2.21. The van der Waals surface area contributed by atoms with E-state index in [2.05, 4.69) is 0 Å². The van der Waals surface area contributed by atoms with E-state index in [1.807, 2.05) is 19.0 Å². The van der Waals surface area contributed by atoms with Crippen LogP contribution in [0.15, 0.2) is 18.2 Å². The Balaban J connectivity index is 0.000000745. The van der Waals surface area contributed by atoms with Crippen LogP contribution in [0, 0.1) is 11.6 Å². The SMILES string of the molecule is CN(C)[C@@H]1CN(C(=O)c2cc(F)cc(F)c2)C[C@H]1O.O=CO. The van der Waals surface area contributed by atoms with Crippen molar-refractivity contribution in [3.8, 4) is 0 Å². The topological polar surface area (TPSA) is 81.1 Å². The number of carboxylic acid groups (broad SMARTS) is 1. The van der Waals surface area contributed by atoms with Gasteiger partial charge in [0.15, 0.2) is 0 Å². The van der Waals surface area contributed by atoms with Crippen molar-refractivity contribution in [3.05, 3.63) is 35.4 Å². The fourth-order valence-corrected chi connectivity index (χ4v) is 2.30. The third-order valence-corrected chi connectivity index (χ3v) is 3.32. The van der Waals surface area contributed by atoms with Crippen LogP contribution in [0.5, 0.6) is 0 Å². The van der Waals surface area contributed by atoms with E-state index in [1.165, 1.54) is 4.90 Å². The summed E-state index contributed by atoms with van der Waals surface area (Å²) in [6.07, 6.45) is -0.655. The number of likely N-dealkylation sites (tertiary alicyclic amines) is 1. The number of likely N-dealkylation sites (N-methyl/N-ethyl adjacent to an activating group) is 1. The molecule has 1 aromatic carbocycles. The summed E-state index contributed by atoms with van der Waals surface area (Å²) >= 11 is 0. The first kappa shape index (κ1) is 18.0. The molecule has 22 heavy (non-hydrogen) atoms. The molecule has 0 radical (unpaired) electrons. The minimum atomic E-state index is -0.785. The van der Waals surface area contributed by atoms with Crippen molar-refractivity contribution < 1.29 is 28.6 Å². The average Bonchev–Trinajstić information content (AvgIpc) is 2.80. The number of aliphatic hydroxyl groups is 1. The van der Waals surface area contributed by atoms with Crippen molar-refractivity contribution in [1.29, 1.82) is 0 Å². The van der Waals surface area contributed by atoms with Gasteiger partial charge in [-0.2, -0.15) is 0 Å². The van der Waals surface area contributed by atoms with Crippen LogP contribution in [-0.4, -0.2) is 71.7 Å². The molecule has 1 amide bonds. The second-order valence-electron chi connectivity index (χ2n) is 5.07. The zero-order valence-electron chi connectivity index (χ0n) is 12.2. The fourth-order valence-electron chi connectivity index (χ4n) is 2.30. The van der Waals surface area contributed by atoms with Gasteiger partial charge in [-0.05, 0) is 26.2 Å². The van der Waals surface area contributed by atoms with E-state index >= 15 is 0 Å². The Bertz CT molecular complexity index is 519. The second-order valence-corrected chi connectivity index (χ2v) is 5.07. The van der Waals surface area contributed by atoms with Gasteiger partial charge in [-0.25, -0.2) is 8.78 Å². The van der Waals surface area contributed by atoms with E-state index in [4.69, 9.17) is 9.90 Å². The lowest BCUT2D eigenvalue weighted by Crippen LogP contribution is -2.38. The van der Waals surface area contributed by atoms with Gasteiger partial charge in [-0.3, -0.25) is 9.59 Å². The summed E-state index contributed by atoms with van der Waals surface area (Å²) < 4.78 is 26.2. The number of nitrogens with zero attached hydrogens (tertiary/aromatic N) is 2. The van der Waals surface area contributed by atoms with Crippen molar-refractivity contribution in [2.45, 2.75) is 12.1 Å². The maximum absolute atomic E-state index is 13.1. The Labute approximate surface area is 126 Å². The van der Waals surface area contributed by atoms with Gasteiger partial charge in [0.05, 0.1) is 12.1 Å². The first-order valence-electron chi connectivity index (χ1n) is 6.47. The first-order chi connectivity index (χ1) is 10.3. The second kappa shape index (κ2) is 7.81. The summed E-state index contributed by atoms with van der Waals surface area (Å²) in [5.74, 6) is -2.04. The van der Waals surface area contributed by atoms with Gasteiger partial charge < -0.3 is 20.0 Å². The molecule has 1 aromatic rings. The number of carbonyl (C=O) groups excluding carboxylic acids is 1. The van der Waals surface area contributed by atoms with E-state index in [0.29, 0.717) is 6.54 Å². The molecular weight excluding hydrogens is 298 g/mol. The van der Waals surface area contributed by atoms with Gasteiger partial charge >= 0.3 is 0 Å². The molecule has 2 atom stereocenters. The highest BCUT2D eigenvalue weighted by molar-refractivity contribution is 5.94. The lowest BCUT2D eigenvalue weighted by atomic mass is 10.2. The maximum Gasteiger partial charge on any atom is 0.290 e. The number of carbonyl (C=O) groups is 2. The van der Waals surface area contributed by atoms with Crippen LogP contribution in [0.25, 0.3) is 0 Å². The molecule has 1 fully saturated rings. The van der Waals surface area contributed by atoms with E-state index in [9.17, 15) is 18.7 Å². The number of aliphatic hydroxyl groups excluding tert-OH is 1. The molecule has 6 nitrogen and oxygen atoms in total. The molecule has 0 bridgehead atoms. The average molecular weight is 316 g/mol. The Morgan fingerprint density at radius 3 is 2.18 bits per heavy atom. The molecular formula is C14H18F2N2O4. The Hall–Kier alpha value is -2.06. The Morgan fingerprint density at radius 2 is 1.77 bits per heavy atom. The van der Waals surface area contributed by atoms with Crippen LogP contribution in [0.4, 0.5) is 8.78 Å². The van der Waals surface area contributed by atoms with E-state index in [-0.39, 0.29) is 24.6 Å². The van der Waals surface area contributed by atoms with Crippen LogP contribution >= 0.6 is 0 Å². The van der Waals surface area contributed by atoms with Crippen molar-refractivity contribution in [1.82, 2.24) is 9.80 Å². The summed E-state index contributed by atoms with van der Waals surface area (Å²) in [5, 5.41) is 16.7. The molecule has 1 saturated heterocycles. The minimum absolute atomic E-state index is 0.0379. The van der Waals surface area contributed by atoms with Gasteiger partial charge in [-0.15, -0.1) is 0 Å². The molecule has 0 aromatic heterocycles. The summed E-state index contributed by atoms with van der Waals surface area (Å²) in [6.45, 7) is 0.255. The van der Waals surface area contributed by atoms with Gasteiger partial charge in [0.25, 0.3) is 12.4 Å². The van der Waals surface area contributed by atoms with Crippen LogP contribution in [0.1, 0.15) is 10.4 Å². The minimum Gasteiger partial charge on any atom is -0.483 e. The zero-order chi connectivity index (χ0) is 16.9. The van der Waals surface area contributed by atoms with Gasteiger partial charge in [0.2, 0.25) is 0 Å². The molecule has 0 aliphatic carbocycles. The van der Waals surface area contributed by atoms with Crippen molar-refractivity contribution in [2.75, 3.05) is 27.2 Å². The molecule has 1 aliphatic heterocycles. The third kappa shape index (κ3) is 4.47. The van der Waals surface area contributed by atoms with Gasteiger partial charge in [0.1, 0.15) is 11.6 Å². The number of hydrogen-bond donors (Lipinski definition) is 2. The fraction of sp³-hybridized carbons (Fsp3) is 0.429. The highest BCUT2D eigenvalue weighted by atomic mass is 19.1. The first-order valence-corrected chi connectivity index (χ1v) is 6.47. The molecule has 2 rings (SSSR count). The molecule has 1 aliphatic rings. The van der Waals surface area contributed by atoms with Crippen molar-refractivity contribution in [2.24, 2.45) is 0 Å². The molecule has 8 heteroatoms. The normalized spacial score (nSPS) is 20.5. The lowest BCUT2D eigenvalue weighted by molar-refractivity contribution is -0.122. The van der Waals surface area contributed by atoms with Crippen molar-refractivity contribution in [3.63, 3.8) is 0 Å². The van der Waals surface area contributed by atoms with Crippen LogP contribution < -0.4 is 0 Å². The summed E-state index contributed by atoms with van der Waals surface area (Å²) in [7, 11) is 3.62. The third-order valence-electron chi connectivity index (χ3n) is 3.32.